The molecule has 0 fully saturated rings. The van der Waals surface area contributed by atoms with Crippen LogP contribution in [0.15, 0.2) is 57.8 Å². The van der Waals surface area contributed by atoms with Gasteiger partial charge >= 0.3 is 5.97 Å². The summed E-state index contributed by atoms with van der Waals surface area (Å²) in [5, 5.41) is 0. The molecule has 6 heteroatoms. The van der Waals surface area contributed by atoms with Crippen LogP contribution in [0.2, 0.25) is 0 Å². The van der Waals surface area contributed by atoms with Crippen molar-refractivity contribution in [1.29, 1.82) is 0 Å². The van der Waals surface area contributed by atoms with E-state index in [1.807, 2.05) is 25.1 Å². The first-order valence-electron chi connectivity index (χ1n) is 6.95. The molecule has 0 aliphatic heterocycles. The van der Waals surface area contributed by atoms with Crippen molar-refractivity contribution < 1.29 is 9.53 Å². The molecular formula is C17H13BrN2O3. The number of nitrogens with zero attached hydrogens (tertiary/aromatic N) is 2. The Kier molecular flexibility index (Phi) is 4.25. The molecule has 0 radical (unpaired) electrons. The zero-order chi connectivity index (χ0) is 16.4. The van der Waals surface area contributed by atoms with Crippen LogP contribution in [-0.2, 0) is 11.3 Å². The number of rotatable bonds is 3. The fourth-order valence-corrected chi connectivity index (χ4v) is 2.68. The summed E-state index contributed by atoms with van der Waals surface area (Å²) < 4.78 is 7.54. The Morgan fingerprint density at radius 2 is 2.00 bits per heavy atom. The third kappa shape index (κ3) is 3.32. The molecule has 0 spiro atoms. The highest BCUT2D eigenvalue weighted by Gasteiger charge is 2.10. The van der Waals surface area contributed by atoms with Gasteiger partial charge in [0.05, 0.1) is 11.3 Å². The molecule has 0 saturated carbocycles. The number of carbonyl (C=O) groups is 1. The number of benzene rings is 1. The largest absolute Gasteiger partial charge is 0.456 e. The SMILES string of the molecule is Cc1cccc2nc(COC(=O)c3cccc(Br)c3)cc(=O)n12. The van der Waals surface area contributed by atoms with Crippen molar-refractivity contribution in [2.45, 2.75) is 13.5 Å². The predicted octanol–water partition coefficient (Wildman–Crippen LogP) is 3.12. The number of halogens is 1. The summed E-state index contributed by atoms with van der Waals surface area (Å²) in [6, 6.07) is 13.7. The highest BCUT2D eigenvalue weighted by Crippen LogP contribution is 2.13. The highest BCUT2D eigenvalue weighted by molar-refractivity contribution is 9.10. The molecule has 0 unspecified atom stereocenters. The number of fused-ring (bicyclic) bond motifs is 1. The van der Waals surface area contributed by atoms with Crippen LogP contribution in [0.3, 0.4) is 0 Å². The van der Waals surface area contributed by atoms with Crippen LogP contribution in [0.1, 0.15) is 21.7 Å². The van der Waals surface area contributed by atoms with Crippen molar-refractivity contribution >= 4 is 27.5 Å². The van der Waals surface area contributed by atoms with E-state index in [1.165, 1.54) is 10.5 Å². The standard InChI is InChI=1S/C17H13BrN2O3/c1-11-4-2-7-15-19-14(9-16(21)20(11)15)10-23-17(22)12-5-3-6-13(18)8-12/h2-9H,10H2,1H3. The van der Waals surface area contributed by atoms with Gasteiger partial charge in [-0.1, -0.05) is 28.1 Å². The van der Waals surface area contributed by atoms with Gasteiger partial charge in [-0.2, -0.15) is 0 Å². The van der Waals surface area contributed by atoms with E-state index < -0.39 is 5.97 Å². The van der Waals surface area contributed by atoms with Gasteiger partial charge in [0.15, 0.2) is 0 Å². The van der Waals surface area contributed by atoms with Crippen molar-refractivity contribution in [2.24, 2.45) is 0 Å². The number of esters is 1. The molecule has 0 N–H and O–H groups in total. The molecule has 0 aliphatic rings. The summed E-state index contributed by atoms with van der Waals surface area (Å²) >= 11 is 3.31. The summed E-state index contributed by atoms with van der Waals surface area (Å²) in [7, 11) is 0. The normalized spacial score (nSPS) is 10.7. The number of hydrogen-bond acceptors (Lipinski definition) is 4. The number of ether oxygens (including phenoxy) is 1. The Morgan fingerprint density at radius 3 is 2.78 bits per heavy atom. The van der Waals surface area contributed by atoms with Crippen LogP contribution in [-0.4, -0.2) is 15.4 Å². The molecule has 0 amide bonds. The summed E-state index contributed by atoms with van der Waals surface area (Å²) in [5.41, 5.74) is 2.00. The average molecular weight is 373 g/mol. The van der Waals surface area contributed by atoms with E-state index in [9.17, 15) is 9.59 Å². The van der Waals surface area contributed by atoms with Gasteiger partial charge in [0.1, 0.15) is 12.3 Å². The van der Waals surface area contributed by atoms with Crippen molar-refractivity contribution in [1.82, 2.24) is 9.38 Å². The van der Waals surface area contributed by atoms with E-state index in [0.29, 0.717) is 16.9 Å². The minimum absolute atomic E-state index is 0.0506. The molecule has 3 rings (SSSR count). The van der Waals surface area contributed by atoms with Crippen LogP contribution < -0.4 is 5.56 Å². The van der Waals surface area contributed by atoms with E-state index in [-0.39, 0.29) is 12.2 Å². The Bertz CT molecular complexity index is 950. The number of aromatic nitrogens is 2. The van der Waals surface area contributed by atoms with Gasteiger partial charge in [0.25, 0.3) is 5.56 Å². The third-order valence-electron chi connectivity index (χ3n) is 3.34. The van der Waals surface area contributed by atoms with Crippen LogP contribution in [0.5, 0.6) is 0 Å². The zero-order valence-electron chi connectivity index (χ0n) is 12.3. The smallest absolute Gasteiger partial charge is 0.338 e. The maximum absolute atomic E-state index is 12.2. The lowest BCUT2D eigenvalue weighted by atomic mass is 10.2. The monoisotopic (exact) mass is 372 g/mol. The molecule has 0 bridgehead atoms. The van der Waals surface area contributed by atoms with Gasteiger partial charge in [-0.3, -0.25) is 9.20 Å². The lowest BCUT2D eigenvalue weighted by molar-refractivity contribution is 0.0467. The Hall–Kier alpha value is -2.47. The number of aryl methyl sites for hydroxylation is 1. The minimum Gasteiger partial charge on any atom is -0.456 e. The lowest BCUT2D eigenvalue weighted by Crippen LogP contribution is -2.18. The van der Waals surface area contributed by atoms with Gasteiger partial charge in [-0.25, -0.2) is 9.78 Å². The fourth-order valence-electron chi connectivity index (χ4n) is 2.28. The molecule has 2 aromatic heterocycles. The fraction of sp³-hybridized carbons (Fsp3) is 0.118. The van der Waals surface area contributed by atoms with Gasteiger partial charge in [-0.15, -0.1) is 0 Å². The maximum Gasteiger partial charge on any atom is 0.338 e. The third-order valence-corrected chi connectivity index (χ3v) is 3.84. The zero-order valence-corrected chi connectivity index (χ0v) is 13.9. The van der Waals surface area contributed by atoms with Gasteiger partial charge in [0.2, 0.25) is 0 Å². The van der Waals surface area contributed by atoms with Crippen LogP contribution in [0.25, 0.3) is 5.65 Å². The summed E-state index contributed by atoms with van der Waals surface area (Å²) in [6.45, 7) is 1.79. The van der Waals surface area contributed by atoms with E-state index in [1.54, 1.807) is 24.3 Å². The first kappa shape index (κ1) is 15.4. The van der Waals surface area contributed by atoms with Gasteiger partial charge < -0.3 is 4.74 Å². The Morgan fingerprint density at radius 1 is 1.22 bits per heavy atom. The molecule has 5 nitrogen and oxygen atoms in total. The molecule has 1 aromatic carbocycles. The molecule has 3 aromatic rings. The number of pyridine rings is 1. The average Bonchev–Trinajstić information content (AvgIpc) is 2.52. The van der Waals surface area contributed by atoms with Crippen LogP contribution in [0.4, 0.5) is 0 Å². The highest BCUT2D eigenvalue weighted by atomic mass is 79.9. The molecule has 23 heavy (non-hydrogen) atoms. The Labute approximate surface area is 140 Å². The van der Waals surface area contributed by atoms with Crippen molar-refractivity contribution in [2.75, 3.05) is 0 Å². The quantitative estimate of drug-likeness (QED) is 0.662. The molecule has 0 atom stereocenters. The van der Waals surface area contributed by atoms with Gasteiger partial charge in [-0.05, 0) is 37.3 Å². The summed E-state index contributed by atoms with van der Waals surface area (Å²) in [4.78, 5) is 28.5. The molecule has 0 saturated heterocycles. The second-order valence-electron chi connectivity index (χ2n) is 5.03. The summed E-state index contributed by atoms with van der Waals surface area (Å²) in [5.74, 6) is -0.461. The first-order chi connectivity index (χ1) is 11.0. The molecule has 2 heterocycles. The number of carbonyl (C=O) groups excluding carboxylic acids is 1. The molecular weight excluding hydrogens is 360 g/mol. The van der Waals surface area contributed by atoms with E-state index >= 15 is 0 Å². The van der Waals surface area contributed by atoms with Crippen molar-refractivity contribution in [3.8, 4) is 0 Å². The van der Waals surface area contributed by atoms with E-state index in [0.717, 1.165) is 10.2 Å². The van der Waals surface area contributed by atoms with Crippen LogP contribution >= 0.6 is 15.9 Å². The predicted molar refractivity (Wildman–Crippen MR) is 89.5 cm³/mol. The molecule has 0 aliphatic carbocycles. The first-order valence-corrected chi connectivity index (χ1v) is 7.75. The van der Waals surface area contributed by atoms with Crippen molar-refractivity contribution in [3.63, 3.8) is 0 Å². The van der Waals surface area contributed by atoms with Crippen molar-refractivity contribution in [3.05, 3.63) is 80.3 Å². The van der Waals surface area contributed by atoms with Crippen LogP contribution in [0, 0.1) is 6.92 Å². The Balaban J connectivity index is 1.82. The van der Waals surface area contributed by atoms with Gasteiger partial charge in [0, 0.05) is 16.2 Å². The van der Waals surface area contributed by atoms with E-state index in [2.05, 4.69) is 20.9 Å². The second-order valence-corrected chi connectivity index (χ2v) is 5.95. The molecule has 116 valence electrons. The van der Waals surface area contributed by atoms with E-state index in [4.69, 9.17) is 4.74 Å². The summed E-state index contributed by atoms with van der Waals surface area (Å²) in [6.07, 6.45) is 0. The topological polar surface area (TPSA) is 60.7 Å². The lowest BCUT2D eigenvalue weighted by Gasteiger charge is -2.07. The minimum atomic E-state index is -0.461. The second kappa shape index (κ2) is 6.34. The number of hydrogen-bond donors (Lipinski definition) is 0. The maximum atomic E-state index is 12.2.